The number of benzene rings is 2. The Morgan fingerprint density at radius 3 is 1.60 bits per heavy atom. The first-order valence-electron chi connectivity index (χ1n) is 18.6. The standard InChI is InChI=1S/C44H67GeO4P/c1-25(2)27-21-29(26(3)4)33-30(22-27)43(17,18)37-44(33,42(14,15)16)45(38(47)49-20)35(36(46)48-19)50(37)34-31(40(8,9)10)23-28(39(5,6)7)24-32(34)41(11,12)13/h21-26,37H,1-20H3/t37-,44+,50?/m0/s1. The van der Waals surface area contributed by atoms with Crippen LogP contribution in [-0.2, 0) is 40.2 Å². The molecule has 6 heteroatoms. The molecule has 4 rings (SSSR count). The number of fused-ring (bicyclic) bond motifs is 3. The van der Waals surface area contributed by atoms with Crippen molar-refractivity contribution >= 4 is 42.0 Å². The SMILES string of the molecule is COC(=O)[C]1=[Ge]([C](=O)OC)[C@]2(C(C)(C)C)c3c(C(C)C)cc(C(C)C)cc3C(C)(C)[C@@H]2P1c1c(C(C)(C)C)cc(C(C)(C)C)cc1C(C)(C)C. The van der Waals surface area contributed by atoms with Gasteiger partial charge >= 0.3 is 312 Å². The summed E-state index contributed by atoms with van der Waals surface area (Å²) in [5.41, 5.74) is 7.98. The van der Waals surface area contributed by atoms with Crippen molar-refractivity contribution in [1.29, 1.82) is 0 Å². The molecule has 0 radical (unpaired) electrons. The molecule has 0 saturated carbocycles. The van der Waals surface area contributed by atoms with E-state index in [0.717, 1.165) is 4.09 Å². The summed E-state index contributed by atoms with van der Waals surface area (Å²) in [5, 5.41) is 1.29. The Labute approximate surface area is 310 Å². The van der Waals surface area contributed by atoms with Crippen molar-refractivity contribution in [2.45, 2.75) is 168 Å². The number of ether oxygens (including phenoxy) is 2. The van der Waals surface area contributed by atoms with Gasteiger partial charge in [-0.2, -0.15) is 0 Å². The van der Waals surface area contributed by atoms with E-state index in [2.05, 4.69) is 149 Å². The fraction of sp³-hybridized carbons (Fsp3) is 0.659. The van der Waals surface area contributed by atoms with Gasteiger partial charge in [-0.05, 0) is 0 Å². The first-order valence-corrected chi connectivity index (χ1v) is 23.2. The number of methoxy groups -OCH3 is 2. The van der Waals surface area contributed by atoms with Gasteiger partial charge in [0.1, 0.15) is 0 Å². The zero-order valence-electron chi connectivity index (χ0n) is 35.1. The third-order valence-electron chi connectivity index (χ3n) is 11.6. The third kappa shape index (κ3) is 6.23. The van der Waals surface area contributed by atoms with Crippen LogP contribution < -0.4 is 5.30 Å². The van der Waals surface area contributed by atoms with E-state index in [1.165, 1.54) is 58.5 Å². The second kappa shape index (κ2) is 13.0. The van der Waals surface area contributed by atoms with Gasteiger partial charge in [0.15, 0.2) is 0 Å². The predicted octanol–water partition coefficient (Wildman–Crippen LogP) is 10.9. The van der Waals surface area contributed by atoms with Crippen LogP contribution in [0.5, 0.6) is 0 Å². The van der Waals surface area contributed by atoms with Crippen LogP contribution in [0.2, 0.25) is 0 Å². The summed E-state index contributed by atoms with van der Waals surface area (Å²) in [6.07, 6.45) is 0. The minimum atomic E-state index is -3.41. The molecule has 0 saturated heterocycles. The molecule has 0 amide bonds. The maximum absolute atomic E-state index is 14.9. The van der Waals surface area contributed by atoms with Crippen molar-refractivity contribution in [2.24, 2.45) is 5.41 Å². The molecule has 1 unspecified atom stereocenters. The third-order valence-corrected chi connectivity index (χ3v) is 25.0. The molecule has 4 nitrogen and oxygen atoms in total. The van der Waals surface area contributed by atoms with Crippen molar-refractivity contribution in [3.63, 3.8) is 0 Å². The van der Waals surface area contributed by atoms with Crippen molar-refractivity contribution in [3.8, 4) is 0 Å². The molecule has 50 heavy (non-hydrogen) atoms. The van der Waals surface area contributed by atoms with E-state index in [-0.39, 0.29) is 49.4 Å². The van der Waals surface area contributed by atoms with E-state index in [1.807, 2.05) is 0 Å². The Balaban J connectivity index is 2.46. The zero-order chi connectivity index (χ0) is 38.5. The van der Waals surface area contributed by atoms with Crippen LogP contribution in [-0.4, -0.2) is 48.6 Å². The van der Waals surface area contributed by atoms with Gasteiger partial charge in [0.25, 0.3) is 0 Å². The van der Waals surface area contributed by atoms with Crippen LogP contribution >= 0.6 is 7.92 Å². The molecule has 3 atom stereocenters. The molecule has 0 fully saturated rings. The van der Waals surface area contributed by atoms with Crippen LogP contribution in [0, 0.1) is 5.41 Å². The summed E-state index contributed by atoms with van der Waals surface area (Å²) in [7, 11) is 1.65. The molecule has 0 N–H and O–H groups in total. The molecule has 0 bridgehead atoms. The quantitative estimate of drug-likeness (QED) is 0.173. The fourth-order valence-corrected chi connectivity index (χ4v) is 26.1. The van der Waals surface area contributed by atoms with Crippen molar-refractivity contribution in [3.05, 3.63) is 63.2 Å². The molecular weight excluding hydrogens is 696 g/mol. The topological polar surface area (TPSA) is 52.6 Å². The monoisotopic (exact) mass is 764 g/mol. The Morgan fingerprint density at radius 1 is 0.740 bits per heavy atom. The van der Waals surface area contributed by atoms with Gasteiger partial charge in [0, 0.05) is 0 Å². The molecular formula is C44H67GeO4P. The van der Waals surface area contributed by atoms with Crippen LogP contribution in [0.1, 0.15) is 175 Å². The Bertz CT molecular complexity index is 1700. The first kappa shape index (κ1) is 41.0. The Hall–Kier alpha value is -1.78. The number of rotatable bonds is 5. The molecule has 0 aromatic heterocycles. The average Bonchev–Trinajstić information content (AvgIpc) is 3.40. The van der Waals surface area contributed by atoms with Crippen molar-refractivity contribution in [1.82, 2.24) is 0 Å². The fourth-order valence-electron chi connectivity index (χ4n) is 8.99. The number of hydrogen-bond acceptors (Lipinski definition) is 4. The van der Waals surface area contributed by atoms with E-state index in [0.29, 0.717) is 5.92 Å². The molecule has 2 aliphatic rings. The number of carbonyl (C=O) groups is 2. The second-order valence-corrected chi connectivity index (χ2v) is 28.4. The minimum absolute atomic E-state index is 0.00852. The molecule has 276 valence electrons. The van der Waals surface area contributed by atoms with Gasteiger partial charge in [-0.25, -0.2) is 0 Å². The summed E-state index contributed by atoms with van der Waals surface area (Å²) in [4.78, 5) is 29.5. The molecule has 2 aromatic carbocycles. The van der Waals surface area contributed by atoms with E-state index in [9.17, 15) is 9.59 Å². The molecule has 1 aliphatic carbocycles. The van der Waals surface area contributed by atoms with Crippen LogP contribution in [0.4, 0.5) is 4.79 Å². The van der Waals surface area contributed by atoms with Crippen LogP contribution in [0.3, 0.4) is 0 Å². The van der Waals surface area contributed by atoms with Crippen LogP contribution in [0.15, 0.2) is 24.3 Å². The van der Waals surface area contributed by atoms with E-state index in [4.69, 9.17) is 9.47 Å². The average molecular weight is 764 g/mol. The first-order chi connectivity index (χ1) is 22.5. The van der Waals surface area contributed by atoms with Gasteiger partial charge in [-0.1, -0.05) is 0 Å². The summed E-state index contributed by atoms with van der Waals surface area (Å²) in [6, 6.07) is 9.75. The van der Waals surface area contributed by atoms with E-state index >= 15 is 0 Å². The summed E-state index contributed by atoms with van der Waals surface area (Å²) >= 11 is -3.41. The second-order valence-electron chi connectivity index (χ2n) is 20.3. The van der Waals surface area contributed by atoms with Gasteiger partial charge < -0.3 is 0 Å². The van der Waals surface area contributed by atoms with Crippen molar-refractivity contribution < 1.29 is 19.1 Å². The van der Waals surface area contributed by atoms with Crippen molar-refractivity contribution in [2.75, 3.05) is 14.2 Å². The van der Waals surface area contributed by atoms with Crippen LogP contribution in [0.25, 0.3) is 0 Å². The summed E-state index contributed by atoms with van der Waals surface area (Å²) in [5.74, 6) is 0.291. The number of esters is 1. The number of carbonyl (C=O) groups excluding carboxylic acids is 2. The van der Waals surface area contributed by atoms with Gasteiger partial charge in [-0.3, -0.25) is 0 Å². The normalized spacial score (nSPS) is 22.3. The summed E-state index contributed by atoms with van der Waals surface area (Å²) in [6.45, 7) is 41.7. The van der Waals surface area contributed by atoms with Gasteiger partial charge in [0.2, 0.25) is 0 Å². The Kier molecular flexibility index (Phi) is 10.6. The molecule has 1 aliphatic heterocycles. The molecule has 1 heterocycles. The number of hydrogen-bond donors (Lipinski definition) is 0. The zero-order valence-corrected chi connectivity index (χ0v) is 38.1. The summed E-state index contributed by atoms with van der Waals surface area (Å²) < 4.78 is 11.9. The molecule has 2 aromatic rings. The van der Waals surface area contributed by atoms with E-state index in [1.54, 1.807) is 0 Å². The molecule has 0 spiro atoms. The maximum atomic E-state index is 14.9. The van der Waals surface area contributed by atoms with Gasteiger partial charge in [0.05, 0.1) is 0 Å². The van der Waals surface area contributed by atoms with E-state index < -0.39 is 26.1 Å². The Morgan fingerprint density at radius 2 is 1.24 bits per heavy atom. The van der Waals surface area contributed by atoms with Gasteiger partial charge in [-0.15, -0.1) is 0 Å². The predicted molar refractivity (Wildman–Crippen MR) is 217 cm³/mol.